The van der Waals surface area contributed by atoms with Crippen molar-refractivity contribution in [2.75, 3.05) is 25.5 Å². The van der Waals surface area contributed by atoms with Crippen LogP contribution in [0.3, 0.4) is 0 Å². The standard InChI is InChI=1S/C21H25N3O3/c1-27-19-11-9-18(10-12-19)23-21(26)22-15-16-5-7-17(8-6-16)20(25)24-13-3-2-4-14-24/h5-12H,2-4,13-15H2,1H3,(H2,22,23,26). The molecular formula is C21H25N3O3. The zero-order valence-electron chi connectivity index (χ0n) is 15.5. The lowest BCUT2D eigenvalue weighted by Gasteiger charge is -2.26. The zero-order valence-corrected chi connectivity index (χ0v) is 15.5. The number of nitrogens with one attached hydrogen (secondary N) is 2. The van der Waals surface area contributed by atoms with E-state index in [1.54, 1.807) is 31.4 Å². The molecule has 1 aliphatic rings. The summed E-state index contributed by atoms with van der Waals surface area (Å²) in [4.78, 5) is 26.4. The van der Waals surface area contributed by atoms with Crippen LogP contribution >= 0.6 is 0 Å². The minimum atomic E-state index is -0.284. The van der Waals surface area contributed by atoms with Crippen LogP contribution in [0.4, 0.5) is 10.5 Å². The molecule has 3 rings (SSSR count). The Balaban J connectivity index is 1.49. The van der Waals surface area contributed by atoms with Gasteiger partial charge < -0.3 is 20.3 Å². The summed E-state index contributed by atoms with van der Waals surface area (Å²) in [6.07, 6.45) is 3.36. The second-order valence-electron chi connectivity index (χ2n) is 6.59. The minimum absolute atomic E-state index is 0.0893. The molecule has 0 aromatic heterocycles. The number of hydrogen-bond acceptors (Lipinski definition) is 3. The Labute approximate surface area is 159 Å². The number of amides is 3. The molecule has 2 aromatic rings. The molecule has 2 N–H and O–H groups in total. The Morgan fingerprint density at radius 2 is 1.63 bits per heavy atom. The number of nitrogens with zero attached hydrogens (tertiary/aromatic N) is 1. The highest BCUT2D eigenvalue weighted by atomic mass is 16.5. The van der Waals surface area contributed by atoms with Crippen molar-refractivity contribution < 1.29 is 14.3 Å². The van der Waals surface area contributed by atoms with E-state index in [1.807, 2.05) is 29.2 Å². The van der Waals surface area contributed by atoms with Crippen molar-refractivity contribution >= 4 is 17.6 Å². The van der Waals surface area contributed by atoms with Crippen LogP contribution in [-0.2, 0) is 6.54 Å². The Morgan fingerprint density at radius 1 is 0.963 bits per heavy atom. The first kappa shape index (κ1) is 18.8. The van der Waals surface area contributed by atoms with E-state index in [4.69, 9.17) is 4.74 Å². The van der Waals surface area contributed by atoms with Gasteiger partial charge in [-0.2, -0.15) is 0 Å². The Hall–Kier alpha value is -3.02. The maximum absolute atomic E-state index is 12.5. The SMILES string of the molecule is COc1ccc(NC(=O)NCc2ccc(C(=O)N3CCCCC3)cc2)cc1. The van der Waals surface area contributed by atoms with Crippen molar-refractivity contribution in [3.63, 3.8) is 0 Å². The molecule has 2 aromatic carbocycles. The Morgan fingerprint density at radius 3 is 2.26 bits per heavy atom. The van der Waals surface area contributed by atoms with E-state index >= 15 is 0 Å². The third-order valence-electron chi connectivity index (χ3n) is 4.65. The zero-order chi connectivity index (χ0) is 19.1. The van der Waals surface area contributed by atoms with Gasteiger partial charge in [-0.3, -0.25) is 4.79 Å². The van der Waals surface area contributed by atoms with Crippen molar-refractivity contribution in [1.29, 1.82) is 0 Å². The lowest BCUT2D eigenvalue weighted by molar-refractivity contribution is 0.0724. The van der Waals surface area contributed by atoms with Crippen molar-refractivity contribution in [3.8, 4) is 5.75 Å². The Kier molecular flexibility index (Phi) is 6.30. The van der Waals surface area contributed by atoms with Gasteiger partial charge in [-0.05, 0) is 61.2 Å². The number of urea groups is 1. The summed E-state index contributed by atoms with van der Waals surface area (Å²) >= 11 is 0. The molecule has 0 atom stereocenters. The summed E-state index contributed by atoms with van der Waals surface area (Å²) in [5.41, 5.74) is 2.33. The second kappa shape index (κ2) is 9.07. The van der Waals surface area contributed by atoms with Gasteiger partial charge in [-0.1, -0.05) is 12.1 Å². The summed E-state index contributed by atoms with van der Waals surface area (Å²) < 4.78 is 5.09. The van der Waals surface area contributed by atoms with Gasteiger partial charge >= 0.3 is 6.03 Å². The monoisotopic (exact) mass is 367 g/mol. The van der Waals surface area contributed by atoms with Gasteiger partial charge in [-0.25, -0.2) is 4.79 Å². The minimum Gasteiger partial charge on any atom is -0.497 e. The van der Waals surface area contributed by atoms with E-state index in [-0.39, 0.29) is 11.9 Å². The largest absolute Gasteiger partial charge is 0.497 e. The van der Waals surface area contributed by atoms with E-state index in [9.17, 15) is 9.59 Å². The number of rotatable bonds is 5. The summed E-state index contributed by atoms with van der Waals surface area (Å²) in [6, 6.07) is 14.3. The highest BCUT2D eigenvalue weighted by Crippen LogP contribution is 2.15. The van der Waals surface area contributed by atoms with Crippen LogP contribution in [0.5, 0.6) is 5.75 Å². The maximum atomic E-state index is 12.5. The van der Waals surface area contributed by atoms with Gasteiger partial charge in [-0.15, -0.1) is 0 Å². The van der Waals surface area contributed by atoms with E-state index in [1.165, 1.54) is 6.42 Å². The normalized spacial score (nSPS) is 13.7. The number of carbonyl (C=O) groups is 2. The lowest BCUT2D eigenvalue weighted by Crippen LogP contribution is -2.35. The van der Waals surface area contributed by atoms with Gasteiger partial charge in [0.25, 0.3) is 5.91 Å². The van der Waals surface area contributed by atoms with Crippen LogP contribution in [0.2, 0.25) is 0 Å². The third kappa shape index (κ3) is 5.23. The highest BCUT2D eigenvalue weighted by molar-refractivity contribution is 5.94. The van der Waals surface area contributed by atoms with Crippen LogP contribution in [0.1, 0.15) is 35.2 Å². The smallest absolute Gasteiger partial charge is 0.319 e. The molecule has 0 spiro atoms. The van der Waals surface area contributed by atoms with Crippen molar-refractivity contribution in [2.24, 2.45) is 0 Å². The van der Waals surface area contributed by atoms with Crippen molar-refractivity contribution in [3.05, 3.63) is 59.7 Å². The van der Waals surface area contributed by atoms with E-state index in [0.29, 0.717) is 17.8 Å². The van der Waals surface area contributed by atoms with Crippen molar-refractivity contribution in [1.82, 2.24) is 10.2 Å². The number of piperidine rings is 1. The first-order valence-corrected chi connectivity index (χ1v) is 9.23. The second-order valence-corrected chi connectivity index (χ2v) is 6.59. The molecule has 0 aliphatic carbocycles. The van der Waals surface area contributed by atoms with Gasteiger partial charge in [0.05, 0.1) is 7.11 Å². The molecule has 1 aliphatic heterocycles. The quantitative estimate of drug-likeness (QED) is 0.847. The average molecular weight is 367 g/mol. The third-order valence-corrected chi connectivity index (χ3v) is 4.65. The van der Waals surface area contributed by atoms with Gasteiger partial charge in [0.1, 0.15) is 5.75 Å². The summed E-state index contributed by atoms with van der Waals surface area (Å²) in [5.74, 6) is 0.826. The molecule has 1 fully saturated rings. The fourth-order valence-electron chi connectivity index (χ4n) is 3.08. The topological polar surface area (TPSA) is 70.7 Å². The first-order chi connectivity index (χ1) is 13.2. The predicted molar refractivity (Wildman–Crippen MR) is 105 cm³/mol. The maximum Gasteiger partial charge on any atom is 0.319 e. The lowest BCUT2D eigenvalue weighted by atomic mass is 10.1. The van der Waals surface area contributed by atoms with Crippen LogP contribution < -0.4 is 15.4 Å². The van der Waals surface area contributed by atoms with Crippen LogP contribution in [-0.4, -0.2) is 37.0 Å². The number of ether oxygens (including phenoxy) is 1. The molecule has 142 valence electrons. The number of anilines is 1. The van der Waals surface area contributed by atoms with Crippen LogP contribution in [0.15, 0.2) is 48.5 Å². The number of carbonyl (C=O) groups excluding carboxylic acids is 2. The molecular weight excluding hydrogens is 342 g/mol. The van der Waals surface area contributed by atoms with Crippen molar-refractivity contribution in [2.45, 2.75) is 25.8 Å². The van der Waals surface area contributed by atoms with Gasteiger partial charge in [0.2, 0.25) is 0 Å². The van der Waals surface area contributed by atoms with E-state index < -0.39 is 0 Å². The fraction of sp³-hybridized carbons (Fsp3) is 0.333. The van der Waals surface area contributed by atoms with E-state index in [2.05, 4.69) is 10.6 Å². The molecule has 27 heavy (non-hydrogen) atoms. The molecule has 0 radical (unpaired) electrons. The summed E-state index contributed by atoms with van der Waals surface area (Å²) in [5, 5.41) is 5.58. The number of likely N-dealkylation sites (tertiary alicyclic amines) is 1. The van der Waals surface area contributed by atoms with Gasteiger partial charge in [0, 0.05) is 30.9 Å². The molecule has 1 heterocycles. The number of methoxy groups -OCH3 is 1. The summed E-state index contributed by atoms with van der Waals surface area (Å²) in [6.45, 7) is 2.07. The summed E-state index contributed by atoms with van der Waals surface area (Å²) in [7, 11) is 1.60. The molecule has 0 unspecified atom stereocenters. The van der Waals surface area contributed by atoms with Crippen LogP contribution in [0.25, 0.3) is 0 Å². The fourth-order valence-corrected chi connectivity index (χ4v) is 3.08. The molecule has 6 nitrogen and oxygen atoms in total. The molecule has 3 amide bonds. The molecule has 0 bridgehead atoms. The number of benzene rings is 2. The molecule has 0 saturated carbocycles. The van der Waals surface area contributed by atoms with Gasteiger partial charge in [0.15, 0.2) is 0 Å². The Bertz CT molecular complexity index is 766. The number of hydrogen-bond donors (Lipinski definition) is 2. The predicted octanol–water partition coefficient (Wildman–Crippen LogP) is 3.64. The highest BCUT2D eigenvalue weighted by Gasteiger charge is 2.17. The molecule has 6 heteroatoms. The van der Waals surface area contributed by atoms with E-state index in [0.717, 1.165) is 37.2 Å². The average Bonchev–Trinajstić information content (AvgIpc) is 2.73. The first-order valence-electron chi connectivity index (χ1n) is 9.23. The van der Waals surface area contributed by atoms with Crippen LogP contribution in [0, 0.1) is 0 Å². The molecule has 1 saturated heterocycles.